The summed E-state index contributed by atoms with van der Waals surface area (Å²) in [6, 6.07) is 6.09. The molecule has 0 spiro atoms. The van der Waals surface area contributed by atoms with Crippen LogP contribution in [0, 0.1) is 0 Å². The van der Waals surface area contributed by atoms with Gasteiger partial charge in [0.05, 0.1) is 16.9 Å². The highest BCUT2D eigenvalue weighted by Gasteiger charge is 2.10. The smallest absolute Gasteiger partial charge is 0.387 e. The molecule has 1 amide bonds. The van der Waals surface area contributed by atoms with E-state index in [4.69, 9.17) is 11.6 Å². The highest BCUT2D eigenvalue weighted by molar-refractivity contribution is 7.14. The van der Waals surface area contributed by atoms with Crippen LogP contribution in [0.3, 0.4) is 0 Å². The first-order chi connectivity index (χ1) is 12.0. The number of carbonyl (C=O) groups excluding carboxylic acids is 1. The quantitative estimate of drug-likeness (QED) is 0.699. The highest BCUT2D eigenvalue weighted by Crippen LogP contribution is 2.27. The van der Waals surface area contributed by atoms with Gasteiger partial charge in [-0.1, -0.05) is 11.6 Å². The second-order valence-corrected chi connectivity index (χ2v) is 6.14. The van der Waals surface area contributed by atoms with Gasteiger partial charge in [0.15, 0.2) is 5.13 Å². The van der Waals surface area contributed by atoms with Gasteiger partial charge in [0.25, 0.3) is 0 Å². The predicted molar refractivity (Wildman–Crippen MR) is 90.0 cm³/mol. The van der Waals surface area contributed by atoms with Crippen molar-refractivity contribution in [2.24, 2.45) is 0 Å². The highest BCUT2D eigenvalue weighted by atomic mass is 35.5. The van der Waals surface area contributed by atoms with Gasteiger partial charge < -0.3 is 10.1 Å². The van der Waals surface area contributed by atoms with Crippen LogP contribution in [0.15, 0.2) is 42.0 Å². The van der Waals surface area contributed by atoms with E-state index >= 15 is 0 Å². The number of ether oxygens (including phenoxy) is 1. The fourth-order valence-corrected chi connectivity index (χ4v) is 2.89. The molecular formula is C15H11ClF2N4O2S. The number of nitrogens with one attached hydrogen (secondary N) is 1. The summed E-state index contributed by atoms with van der Waals surface area (Å²) >= 11 is 6.99. The Morgan fingerprint density at radius 3 is 2.76 bits per heavy atom. The van der Waals surface area contributed by atoms with Gasteiger partial charge in [-0.3, -0.25) is 9.48 Å². The molecule has 1 aromatic carbocycles. The monoisotopic (exact) mass is 384 g/mol. The fraction of sp³-hybridized carbons (Fsp3) is 0.133. The minimum absolute atomic E-state index is 0.0152. The molecule has 0 unspecified atom stereocenters. The standard InChI is InChI=1S/C15H11ClF2N4O2S/c16-10-5-19-22(6-10)7-13(23)21-15-20-12(8-25-15)9-1-3-11(4-2-9)24-14(17)18/h1-6,8,14H,7H2,(H,20,21,23). The predicted octanol–water partition coefficient (Wildman–Crippen LogP) is 3.90. The topological polar surface area (TPSA) is 69.0 Å². The third-order valence-corrected chi connectivity index (χ3v) is 3.99. The molecule has 1 N–H and O–H groups in total. The largest absolute Gasteiger partial charge is 0.435 e. The van der Waals surface area contributed by atoms with E-state index in [1.54, 1.807) is 17.5 Å². The molecule has 0 aliphatic rings. The van der Waals surface area contributed by atoms with Crippen molar-refractivity contribution >= 4 is 34.0 Å². The van der Waals surface area contributed by atoms with Crippen molar-refractivity contribution in [3.8, 4) is 17.0 Å². The second kappa shape index (κ2) is 7.58. The zero-order valence-corrected chi connectivity index (χ0v) is 14.1. The second-order valence-electron chi connectivity index (χ2n) is 4.85. The number of halogens is 3. The molecule has 10 heteroatoms. The number of benzene rings is 1. The van der Waals surface area contributed by atoms with Gasteiger partial charge in [0.1, 0.15) is 12.3 Å². The van der Waals surface area contributed by atoms with Crippen LogP contribution in [-0.2, 0) is 11.3 Å². The zero-order valence-electron chi connectivity index (χ0n) is 12.5. The number of thiazole rings is 1. The first-order valence-electron chi connectivity index (χ1n) is 6.98. The average molecular weight is 385 g/mol. The van der Waals surface area contributed by atoms with Crippen LogP contribution < -0.4 is 10.1 Å². The summed E-state index contributed by atoms with van der Waals surface area (Å²) in [4.78, 5) is 16.2. The maximum absolute atomic E-state index is 12.1. The Morgan fingerprint density at radius 1 is 1.36 bits per heavy atom. The number of rotatable bonds is 6. The molecule has 0 bridgehead atoms. The molecule has 6 nitrogen and oxygen atoms in total. The first kappa shape index (κ1) is 17.3. The number of hydrogen-bond acceptors (Lipinski definition) is 5. The molecule has 3 rings (SSSR count). The van der Waals surface area contributed by atoms with Crippen LogP contribution in [0.5, 0.6) is 5.75 Å². The molecule has 0 fully saturated rings. The van der Waals surface area contributed by atoms with E-state index in [0.717, 1.165) is 5.56 Å². The van der Waals surface area contributed by atoms with Crippen molar-refractivity contribution in [1.29, 1.82) is 0 Å². The molecule has 0 aliphatic heterocycles. The molecule has 25 heavy (non-hydrogen) atoms. The third-order valence-electron chi connectivity index (χ3n) is 3.03. The molecule has 0 atom stereocenters. The average Bonchev–Trinajstić information content (AvgIpc) is 3.17. The van der Waals surface area contributed by atoms with E-state index in [2.05, 4.69) is 20.1 Å². The number of amides is 1. The van der Waals surface area contributed by atoms with Crippen molar-refractivity contribution < 1.29 is 18.3 Å². The van der Waals surface area contributed by atoms with Crippen molar-refractivity contribution in [3.63, 3.8) is 0 Å². The van der Waals surface area contributed by atoms with Crippen molar-refractivity contribution in [3.05, 3.63) is 47.1 Å². The molecular weight excluding hydrogens is 374 g/mol. The van der Waals surface area contributed by atoms with Gasteiger partial charge >= 0.3 is 6.61 Å². The van der Waals surface area contributed by atoms with Gasteiger partial charge in [-0.15, -0.1) is 11.3 Å². The van der Waals surface area contributed by atoms with Crippen LogP contribution in [0.1, 0.15) is 0 Å². The van der Waals surface area contributed by atoms with Crippen molar-refractivity contribution in [2.75, 3.05) is 5.32 Å². The Morgan fingerprint density at radius 2 is 2.12 bits per heavy atom. The van der Waals surface area contributed by atoms with E-state index in [1.165, 1.54) is 40.5 Å². The maximum Gasteiger partial charge on any atom is 0.387 e. The molecule has 0 saturated heterocycles. The van der Waals surface area contributed by atoms with Crippen molar-refractivity contribution in [1.82, 2.24) is 14.8 Å². The maximum atomic E-state index is 12.1. The Hall–Kier alpha value is -2.52. The van der Waals surface area contributed by atoms with E-state index in [9.17, 15) is 13.6 Å². The Labute approximate surface area is 150 Å². The summed E-state index contributed by atoms with van der Waals surface area (Å²) in [6.45, 7) is -2.85. The zero-order chi connectivity index (χ0) is 17.8. The summed E-state index contributed by atoms with van der Waals surface area (Å²) in [5.74, 6) is -0.221. The molecule has 0 aliphatic carbocycles. The van der Waals surface area contributed by atoms with E-state index < -0.39 is 6.61 Å². The van der Waals surface area contributed by atoms with E-state index in [1.807, 2.05) is 0 Å². The Bertz CT molecular complexity index is 867. The summed E-state index contributed by atoms with van der Waals surface area (Å²) in [5, 5.41) is 9.21. The Balaban J connectivity index is 1.62. The summed E-state index contributed by atoms with van der Waals surface area (Å²) in [5.41, 5.74) is 1.34. The number of aromatic nitrogens is 3. The minimum Gasteiger partial charge on any atom is -0.435 e. The third kappa shape index (κ3) is 4.74. The number of nitrogens with zero attached hydrogens (tertiary/aromatic N) is 3. The minimum atomic E-state index is -2.86. The lowest BCUT2D eigenvalue weighted by Crippen LogP contribution is -2.18. The first-order valence-corrected chi connectivity index (χ1v) is 8.24. The SMILES string of the molecule is O=C(Cn1cc(Cl)cn1)Nc1nc(-c2ccc(OC(F)F)cc2)cs1. The lowest BCUT2D eigenvalue weighted by Gasteiger charge is -2.04. The molecule has 3 aromatic rings. The normalized spacial score (nSPS) is 10.9. The van der Waals surface area contributed by atoms with Crippen LogP contribution >= 0.6 is 22.9 Å². The summed E-state index contributed by atoms with van der Waals surface area (Å²) in [6.07, 6.45) is 2.98. The van der Waals surface area contributed by atoms with Crippen LogP contribution in [0.4, 0.5) is 13.9 Å². The fourth-order valence-electron chi connectivity index (χ4n) is 2.00. The summed E-state index contributed by atoms with van der Waals surface area (Å²) in [7, 11) is 0. The van der Waals surface area contributed by atoms with Gasteiger partial charge in [-0.2, -0.15) is 13.9 Å². The lowest BCUT2D eigenvalue weighted by atomic mass is 10.2. The number of carbonyl (C=O) groups is 1. The van der Waals surface area contributed by atoms with Gasteiger partial charge in [0, 0.05) is 17.1 Å². The molecule has 0 saturated carbocycles. The lowest BCUT2D eigenvalue weighted by molar-refractivity contribution is -0.116. The number of alkyl halides is 2. The number of hydrogen-bond donors (Lipinski definition) is 1. The van der Waals surface area contributed by atoms with E-state index in [-0.39, 0.29) is 18.2 Å². The van der Waals surface area contributed by atoms with Crippen molar-refractivity contribution in [2.45, 2.75) is 13.2 Å². The molecule has 0 radical (unpaired) electrons. The van der Waals surface area contributed by atoms with Crippen LogP contribution in [0.25, 0.3) is 11.3 Å². The Kier molecular flexibility index (Phi) is 5.25. The van der Waals surface area contributed by atoms with Crippen LogP contribution in [0.2, 0.25) is 5.02 Å². The molecule has 2 heterocycles. The molecule has 2 aromatic heterocycles. The summed E-state index contributed by atoms with van der Waals surface area (Å²) < 4.78 is 30.0. The van der Waals surface area contributed by atoms with Gasteiger partial charge in [0.2, 0.25) is 5.91 Å². The van der Waals surface area contributed by atoms with Crippen LogP contribution in [-0.4, -0.2) is 27.3 Å². The molecule has 130 valence electrons. The van der Waals surface area contributed by atoms with Gasteiger partial charge in [-0.25, -0.2) is 4.98 Å². The number of anilines is 1. The van der Waals surface area contributed by atoms with E-state index in [0.29, 0.717) is 15.8 Å². The van der Waals surface area contributed by atoms with Gasteiger partial charge in [-0.05, 0) is 24.3 Å².